The maximum absolute atomic E-state index is 10.1. The van der Waals surface area contributed by atoms with Crippen molar-refractivity contribution in [1.29, 1.82) is 0 Å². The Morgan fingerprint density at radius 2 is 1.89 bits per heavy atom. The molecule has 1 heterocycles. The lowest BCUT2D eigenvalue weighted by Gasteiger charge is -2.09. The number of aldehydes is 1. The van der Waals surface area contributed by atoms with Crippen LogP contribution in [0.5, 0.6) is 0 Å². The first-order valence-electron chi connectivity index (χ1n) is 6.04. The molecule has 0 aliphatic heterocycles. The maximum Gasteiger partial charge on any atom is 0.160 e. The number of carbonyl (C=O) groups excluding carboxylic acids is 1. The molecule has 1 N–H and O–H groups in total. The number of carbonyl (C=O) groups is 1. The molecule has 19 heavy (non-hydrogen) atoms. The Morgan fingerprint density at radius 1 is 1.37 bits per heavy atom. The summed E-state index contributed by atoms with van der Waals surface area (Å²) in [5, 5.41) is 10.3. The second-order valence-corrected chi connectivity index (χ2v) is 4.05. The Hall–Kier alpha value is -1.01. The number of thiophene rings is 1. The molecule has 0 fully saturated rings. The summed E-state index contributed by atoms with van der Waals surface area (Å²) < 4.78 is 10.1. The molecule has 110 valence electrons. The highest BCUT2D eigenvalue weighted by Crippen LogP contribution is 2.11. The highest BCUT2D eigenvalue weighted by molar-refractivity contribution is 7.11. The van der Waals surface area contributed by atoms with E-state index in [2.05, 4.69) is 13.2 Å². The van der Waals surface area contributed by atoms with E-state index >= 15 is 0 Å². The van der Waals surface area contributed by atoms with Crippen LogP contribution in [0.25, 0.3) is 0 Å². The van der Waals surface area contributed by atoms with Crippen LogP contribution in [0.2, 0.25) is 0 Å². The minimum Gasteiger partial charge on any atom is -0.392 e. The van der Waals surface area contributed by atoms with Gasteiger partial charge in [-0.05, 0) is 37.8 Å². The maximum atomic E-state index is 10.1. The second kappa shape index (κ2) is 15.0. The van der Waals surface area contributed by atoms with Gasteiger partial charge in [0, 0.05) is 13.2 Å². The Kier molecular flexibility index (Phi) is 16.1. The van der Waals surface area contributed by atoms with Crippen molar-refractivity contribution in [3.63, 3.8) is 0 Å². The number of hydrogen-bond acceptors (Lipinski definition) is 5. The number of hydrogen-bond donors (Lipinski definition) is 1. The zero-order valence-corrected chi connectivity index (χ0v) is 12.7. The van der Waals surface area contributed by atoms with Gasteiger partial charge in [0.25, 0.3) is 0 Å². The minimum absolute atomic E-state index is 0.0182. The van der Waals surface area contributed by atoms with Crippen LogP contribution in [0, 0.1) is 0 Å². The average molecular weight is 288 g/mol. The van der Waals surface area contributed by atoms with Crippen LogP contribution >= 0.6 is 11.3 Å². The molecule has 0 saturated heterocycles. The fourth-order valence-electron chi connectivity index (χ4n) is 1.06. The fraction of sp³-hybridized carbons (Fsp3) is 0.500. The van der Waals surface area contributed by atoms with Crippen molar-refractivity contribution in [3.05, 3.63) is 35.0 Å². The minimum atomic E-state index is -0.0370. The number of aliphatic hydroxyl groups is 1. The summed E-state index contributed by atoms with van der Waals surface area (Å²) in [6, 6.07) is 1.68. The first-order valence-corrected chi connectivity index (χ1v) is 6.92. The lowest BCUT2D eigenvalue weighted by atomic mass is 10.3. The molecule has 1 aromatic rings. The number of ether oxygens (including phenoxy) is 2. The molecule has 0 unspecified atom stereocenters. The van der Waals surface area contributed by atoms with E-state index in [1.54, 1.807) is 11.4 Å². The van der Waals surface area contributed by atoms with E-state index < -0.39 is 0 Å². The third-order valence-electron chi connectivity index (χ3n) is 1.78. The van der Waals surface area contributed by atoms with Gasteiger partial charge in [-0.2, -0.15) is 0 Å². The number of aliphatic hydroxyl groups excluding tert-OH is 1. The van der Waals surface area contributed by atoms with Gasteiger partial charge in [0.1, 0.15) is 0 Å². The molecule has 0 amide bonds. The molecule has 0 radical (unpaired) electrons. The van der Waals surface area contributed by atoms with Crippen molar-refractivity contribution in [2.75, 3.05) is 13.2 Å². The number of rotatable bonds is 6. The molecule has 4 nitrogen and oxygen atoms in total. The zero-order valence-electron chi connectivity index (χ0n) is 11.9. The van der Waals surface area contributed by atoms with Gasteiger partial charge in [-0.25, -0.2) is 0 Å². The van der Waals surface area contributed by atoms with Crippen molar-refractivity contribution in [3.8, 4) is 0 Å². The van der Waals surface area contributed by atoms with Gasteiger partial charge in [-0.15, -0.1) is 24.5 Å². The smallest absolute Gasteiger partial charge is 0.160 e. The summed E-state index contributed by atoms with van der Waals surface area (Å²) in [5.74, 6) is 0. The molecule has 0 bridgehead atoms. The van der Waals surface area contributed by atoms with Crippen molar-refractivity contribution < 1.29 is 19.4 Å². The SMILES string of the molecule is C=C.CCOC(C)OCC.O=Cc1cc(CO)cs1. The monoisotopic (exact) mass is 288 g/mol. The van der Waals surface area contributed by atoms with E-state index in [9.17, 15) is 4.79 Å². The molecule has 5 heteroatoms. The largest absolute Gasteiger partial charge is 0.392 e. The van der Waals surface area contributed by atoms with E-state index in [1.165, 1.54) is 11.3 Å². The molecule has 0 aliphatic rings. The summed E-state index contributed by atoms with van der Waals surface area (Å²) in [7, 11) is 0. The fourth-order valence-corrected chi connectivity index (χ4v) is 1.76. The zero-order chi connectivity index (χ0) is 15.1. The summed E-state index contributed by atoms with van der Waals surface area (Å²) >= 11 is 1.35. The normalized spacial score (nSPS) is 9.11. The van der Waals surface area contributed by atoms with Crippen molar-refractivity contribution in [1.82, 2.24) is 0 Å². The van der Waals surface area contributed by atoms with Gasteiger partial charge in [0.15, 0.2) is 12.6 Å². The van der Waals surface area contributed by atoms with E-state index in [-0.39, 0.29) is 12.9 Å². The van der Waals surface area contributed by atoms with Crippen LogP contribution in [0.1, 0.15) is 36.0 Å². The summed E-state index contributed by atoms with van der Waals surface area (Å²) in [4.78, 5) is 10.7. The standard InChI is InChI=1S/C6H6O2S.C6H14O2.C2H4/c7-2-5-1-6(3-8)9-4-5;1-4-7-6(3)8-5-2;1-2/h1,3-4,7H,2H2;6H,4-5H2,1-3H3;1-2H2. The van der Waals surface area contributed by atoms with Crippen LogP contribution in [0.4, 0.5) is 0 Å². The van der Waals surface area contributed by atoms with Gasteiger partial charge < -0.3 is 14.6 Å². The third kappa shape index (κ3) is 11.8. The van der Waals surface area contributed by atoms with Crippen molar-refractivity contribution >= 4 is 17.6 Å². The Bertz CT molecular complexity index is 306. The van der Waals surface area contributed by atoms with Gasteiger partial charge in [0.05, 0.1) is 11.5 Å². The molecule has 1 aromatic heterocycles. The highest BCUT2D eigenvalue weighted by atomic mass is 32.1. The molecule has 0 saturated carbocycles. The predicted octanol–water partition coefficient (Wildman–Crippen LogP) is 3.26. The quantitative estimate of drug-likeness (QED) is 0.496. The predicted molar refractivity (Wildman–Crippen MR) is 79.6 cm³/mol. The van der Waals surface area contributed by atoms with Gasteiger partial charge in [-0.3, -0.25) is 4.79 Å². The molecular formula is C14H24O4S. The van der Waals surface area contributed by atoms with E-state index in [0.717, 1.165) is 25.1 Å². The Labute approximate surface area is 119 Å². The molecule has 0 atom stereocenters. The Balaban J connectivity index is 0. The summed E-state index contributed by atoms with van der Waals surface area (Å²) in [6.07, 6.45) is 0.745. The van der Waals surface area contributed by atoms with Crippen molar-refractivity contribution in [2.24, 2.45) is 0 Å². The molecule has 0 aliphatic carbocycles. The second-order valence-electron chi connectivity index (χ2n) is 3.11. The first kappa shape index (κ1) is 20.3. The van der Waals surface area contributed by atoms with Crippen LogP contribution in [0.15, 0.2) is 24.6 Å². The third-order valence-corrected chi connectivity index (χ3v) is 2.68. The highest BCUT2D eigenvalue weighted by Gasteiger charge is 1.95. The van der Waals surface area contributed by atoms with E-state index in [4.69, 9.17) is 14.6 Å². The van der Waals surface area contributed by atoms with Crippen LogP contribution in [0.3, 0.4) is 0 Å². The van der Waals surface area contributed by atoms with E-state index in [1.807, 2.05) is 20.8 Å². The Morgan fingerprint density at radius 3 is 2.16 bits per heavy atom. The van der Waals surface area contributed by atoms with Crippen molar-refractivity contribution in [2.45, 2.75) is 33.7 Å². The van der Waals surface area contributed by atoms with E-state index in [0.29, 0.717) is 4.88 Å². The molecular weight excluding hydrogens is 264 g/mol. The first-order chi connectivity index (χ1) is 9.17. The van der Waals surface area contributed by atoms with Crippen LogP contribution < -0.4 is 0 Å². The molecule has 0 aromatic carbocycles. The van der Waals surface area contributed by atoms with Gasteiger partial charge in [0.2, 0.25) is 0 Å². The molecule has 1 rings (SSSR count). The summed E-state index contributed by atoms with van der Waals surface area (Å²) in [6.45, 7) is 13.3. The topological polar surface area (TPSA) is 55.8 Å². The lowest BCUT2D eigenvalue weighted by Crippen LogP contribution is -2.11. The lowest BCUT2D eigenvalue weighted by molar-refractivity contribution is -0.123. The summed E-state index contributed by atoms with van der Waals surface area (Å²) in [5.41, 5.74) is 0.808. The van der Waals surface area contributed by atoms with Crippen LogP contribution in [-0.2, 0) is 16.1 Å². The molecule has 0 spiro atoms. The van der Waals surface area contributed by atoms with Gasteiger partial charge >= 0.3 is 0 Å². The van der Waals surface area contributed by atoms with Gasteiger partial charge in [-0.1, -0.05) is 0 Å². The average Bonchev–Trinajstić information content (AvgIpc) is 2.90. The van der Waals surface area contributed by atoms with Crippen LogP contribution in [-0.4, -0.2) is 30.9 Å².